The predicted octanol–water partition coefficient (Wildman–Crippen LogP) is 2.32. The van der Waals surface area contributed by atoms with Gasteiger partial charge in [0.25, 0.3) is 0 Å². The molecule has 3 nitrogen and oxygen atoms in total. The van der Waals surface area contributed by atoms with Crippen LogP contribution < -0.4 is 5.32 Å². The predicted molar refractivity (Wildman–Crippen MR) is 64.2 cm³/mol. The second-order valence-electron chi connectivity index (χ2n) is 4.13. The fraction of sp³-hybridized carbons (Fsp3) is 0.500. The molecule has 2 rings (SSSR count). The lowest BCUT2D eigenvalue weighted by molar-refractivity contribution is 0.0271. The van der Waals surface area contributed by atoms with E-state index < -0.39 is 0 Å². The van der Waals surface area contributed by atoms with Crippen molar-refractivity contribution in [3.8, 4) is 5.75 Å². The SMILES string of the molecule is Cc1cc(C2CNCCO2)c(C)c(O)c1Cl. The Bertz CT molecular complexity index is 400. The molecular formula is C12H16ClNO2. The second-order valence-corrected chi connectivity index (χ2v) is 4.51. The monoisotopic (exact) mass is 241 g/mol. The molecule has 1 aromatic carbocycles. The lowest BCUT2D eigenvalue weighted by atomic mass is 9.99. The van der Waals surface area contributed by atoms with Crippen LogP contribution in [0.2, 0.25) is 5.02 Å². The number of halogens is 1. The van der Waals surface area contributed by atoms with Crippen molar-refractivity contribution in [1.82, 2.24) is 5.32 Å². The van der Waals surface area contributed by atoms with Crippen LogP contribution in [0.5, 0.6) is 5.75 Å². The molecule has 2 N–H and O–H groups in total. The van der Waals surface area contributed by atoms with E-state index >= 15 is 0 Å². The van der Waals surface area contributed by atoms with Crippen LogP contribution in [0, 0.1) is 13.8 Å². The molecule has 4 heteroatoms. The third kappa shape index (κ3) is 2.03. The first-order valence-corrected chi connectivity index (χ1v) is 5.80. The van der Waals surface area contributed by atoms with Gasteiger partial charge in [-0.1, -0.05) is 17.7 Å². The van der Waals surface area contributed by atoms with E-state index in [0.717, 1.165) is 29.8 Å². The molecule has 1 atom stereocenters. The number of benzene rings is 1. The first kappa shape index (κ1) is 11.7. The number of ether oxygens (including phenoxy) is 1. The summed E-state index contributed by atoms with van der Waals surface area (Å²) in [6, 6.07) is 2.00. The Balaban J connectivity index is 2.40. The van der Waals surface area contributed by atoms with Crippen molar-refractivity contribution in [2.75, 3.05) is 19.7 Å². The fourth-order valence-corrected chi connectivity index (χ4v) is 2.19. The average molecular weight is 242 g/mol. The number of nitrogens with one attached hydrogen (secondary N) is 1. The summed E-state index contributed by atoms with van der Waals surface area (Å²) in [5.41, 5.74) is 2.71. The molecule has 0 aliphatic carbocycles. The Labute approximate surface area is 100 Å². The Hall–Kier alpha value is -0.770. The van der Waals surface area contributed by atoms with E-state index in [1.54, 1.807) is 0 Å². The molecule has 88 valence electrons. The average Bonchev–Trinajstić information content (AvgIpc) is 2.32. The van der Waals surface area contributed by atoms with Gasteiger partial charge in [-0.05, 0) is 30.5 Å². The highest BCUT2D eigenvalue weighted by Gasteiger charge is 2.21. The summed E-state index contributed by atoms with van der Waals surface area (Å²) in [6.45, 7) is 6.12. The fourth-order valence-electron chi connectivity index (χ4n) is 1.99. The van der Waals surface area contributed by atoms with Gasteiger partial charge in [0, 0.05) is 13.1 Å². The van der Waals surface area contributed by atoms with Crippen LogP contribution in [0.1, 0.15) is 22.8 Å². The summed E-state index contributed by atoms with van der Waals surface area (Å²) in [5.74, 6) is 0.172. The van der Waals surface area contributed by atoms with E-state index in [1.165, 1.54) is 0 Å². The molecule has 0 radical (unpaired) electrons. The Morgan fingerprint density at radius 1 is 1.50 bits per heavy atom. The maximum Gasteiger partial charge on any atom is 0.137 e. The van der Waals surface area contributed by atoms with Crippen molar-refractivity contribution in [2.24, 2.45) is 0 Å². The molecule has 0 spiro atoms. The summed E-state index contributed by atoms with van der Waals surface area (Å²) in [6.07, 6.45) is 0.00983. The van der Waals surface area contributed by atoms with Gasteiger partial charge in [0.05, 0.1) is 17.7 Å². The highest BCUT2D eigenvalue weighted by Crippen LogP contribution is 2.36. The first-order valence-electron chi connectivity index (χ1n) is 5.42. The molecule has 1 aliphatic rings. The number of hydrogen-bond donors (Lipinski definition) is 2. The van der Waals surface area contributed by atoms with E-state index in [0.29, 0.717) is 11.6 Å². The molecular weight excluding hydrogens is 226 g/mol. The van der Waals surface area contributed by atoms with Crippen LogP contribution in [0.15, 0.2) is 6.07 Å². The lowest BCUT2D eigenvalue weighted by Crippen LogP contribution is -2.33. The molecule has 0 bridgehead atoms. The van der Waals surface area contributed by atoms with Crippen LogP contribution in [0.3, 0.4) is 0 Å². The molecule has 1 fully saturated rings. The number of phenols is 1. The molecule has 16 heavy (non-hydrogen) atoms. The maximum absolute atomic E-state index is 9.89. The topological polar surface area (TPSA) is 41.5 Å². The number of aromatic hydroxyl groups is 1. The Morgan fingerprint density at radius 3 is 2.88 bits per heavy atom. The van der Waals surface area contributed by atoms with Crippen LogP contribution in [0.4, 0.5) is 0 Å². The molecule has 0 aromatic heterocycles. The number of rotatable bonds is 1. The summed E-state index contributed by atoms with van der Waals surface area (Å²) < 4.78 is 5.68. The summed E-state index contributed by atoms with van der Waals surface area (Å²) in [4.78, 5) is 0. The maximum atomic E-state index is 9.89. The molecule has 0 amide bonds. The number of hydrogen-bond acceptors (Lipinski definition) is 3. The van der Waals surface area contributed by atoms with Crippen molar-refractivity contribution in [3.63, 3.8) is 0 Å². The van der Waals surface area contributed by atoms with E-state index in [4.69, 9.17) is 16.3 Å². The van der Waals surface area contributed by atoms with Gasteiger partial charge in [0.15, 0.2) is 0 Å². The van der Waals surface area contributed by atoms with E-state index in [1.807, 2.05) is 19.9 Å². The van der Waals surface area contributed by atoms with E-state index in [9.17, 15) is 5.11 Å². The molecule has 1 unspecified atom stereocenters. The Kier molecular flexibility index (Phi) is 3.38. The minimum Gasteiger partial charge on any atom is -0.506 e. The molecule has 1 aliphatic heterocycles. The van der Waals surface area contributed by atoms with Crippen LogP contribution in [-0.4, -0.2) is 24.8 Å². The molecule has 1 saturated heterocycles. The van der Waals surface area contributed by atoms with Crippen molar-refractivity contribution in [1.29, 1.82) is 0 Å². The zero-order valence-corrected chi connectivity index (χ0v) is 10.3. The van der Waals surface area contributed by atoms with Crippen molar-refractivity contribution in [2.45, 2.75) is 20.0 Å². The Morgan fingerprint density at radius 2 is 2.25 bits per heavy atom. The zero-order chi connectivity index (χ0) is 11.7. The summed E-state index contributed by atoms with van der Waals surface area (Å²) in [7, 11) is 0. The van der Waals surface area contributed by atoms with E-state index in [2.05, 4.69) is 5.32 Å². The summed E-state index contributed by atoms with van der Waals surface area (Å²) >= 11 is 5.99. The third-order valence-electron chi connectivity index (χ3n) is 2.99. The largest absolute Gasteiger partial charge is 0.506 e. The zero-order valence-electron chi connectivity index (χ0n) is 9.51. The van der Waals surface area contributed by atoms with Crippen LogP contribution in [-0.2, 0) is 4.74 Å². The molecule has 1 aromatic rings. The standard InChI is InChI=1S/C12H16ClNO2/c1-7-5-9(8(2)12(15)11(7)13)10-6-14-3-4-16-10/h5,10,14-15H,3-4,6H2,1-2H3. The van der Waals surface area contributed by atoms with Gasteiger partial charge in [0.2, 0.25) is 0 Å². The van der Waals surface area contributed by atoms with Gasteiger partial charge in [-0.3, -0.25) is 0 Å². The quantitative estimate of drug-likeness (QED) is 0.793. The number of aryl methyl sites for hydroxylation is 1. The smallest absolute Gasteiger partial charge is 0.137 e. The van der Waals surface area contributed by atoms with Crippen LogP contribution >= 0.6 is 11.6 Å². The van der Waals surface area contributed by atoms with Gasteiger partial charge in [-0.15, -0.1) is 0 Å². The van der Waals surface area contributed by atoms with Crippen molar-refractivity contribution < 1.29 is 9.84 Å². The lowest BCUT2D eigenvalue weighted by Gasteiger charge is -2.26. The highest BCUT2D eigenvalue weighted by molar-refractivity contribution is 6.32. The van der Waals surface area contributed by atoms with E-state index in [-0.39, 0.29) is 11.9 Å². The summed E-state index contributed by atoms with van der Waals surface area (Å²) in [5, 5.41) is 13.6. The van der Waals surface area contributed by atoms with Gasteiger partial charge in [0.1, 0.15) is 5.75 Å². The normalized spacial score (nSPS) is 21.1. The molecule has 0 saturated carbocycles. The van der Waals surface area contributed by atoms with Gasteiger partial charge in [-0.25, -0.2) is 0 Å². The van der Waals surface area contributed by atoms with Gasteiger partial charge < -0.3 is 15.2 Å². The minimum atomic E-state index is 0.00983. The third-order valence-corrected chi connectivity index (χ3v) is 3.47. The number of morpholine rings is 1. The second kappa shape index (κ2) is 4.62. The minimum absolute atomic E-state index is 0.00983. The first-order chi connectivity index (χ1) is 7.61. The highest BCUT2D eigenvalue weighted by atomic mass is 35.5. The molecule has 1 heterocycles. The van der Waals surface area contributed by atoms with Crippen molar-refractivity contribution in [3.05, 3.63) is 27.8 Å². The van der Waals surface area contributed by atoms with Gasteiger partial charge in [-0.2, -0.15) is 0 Å². The number of phenolic OH excluding ortho intramolecular Hbond substituents is 1. The van der Waals surface area contributed by atoms with Crippen LogP contribution in [0.25, 0.3) is 0 Å². The van der Waals surface area contributed by atoms with Gasteiger partial charge >= 0.3 is 0 Å². The van der Waals surface area contributed by atoms with Crippen molar-refractivity contribution >= 4 is 11.6 Å².